The summed E-state index contributed by atoms with van der Waals surface area (Å²) >= 11 is 3.48. The monoisotopic (exact) mass is 304 g/mol. The Labute approximate surface area is 113 Å². The van der Waals surface area contributed by atoms with Gasteiger partial charge in [-0.05, 0) is 18.2 Å². The van der Waals surface area contributed by atoms with Crippen molar-refractivity contribution in [2.24, 2.45) is 0 Å². The summed E-state index contributed by atoms with van der Waals surface area (Å²) in [6.45, 7) is 6.31. The maximum Gasteiger partial charge on any atom is 0.172 e. The van der Waals surface area contributed by atoms with Crippen LogP contribution in [0.25, 0.3) is 22.1 Å². The number of halogens is 1. The molecular formula is C14H13BrN2O. The van der Waals surface area contributed by atoms with Crippen molar-refractivity contribution >= 4 is 38.0 Å². The molecule has 3 nitrogen and oxygen atoms in total. The Morgan fingerprint density at radius 1 is 1.17 bits per heavy atom. The Morgan fingerprint density at radius 3 is 2.67 bits per heavy atom. The number of benzene rings is 1. The van der Waals surface area contributed by atoms with Crippen molar-refractivity contribution in [3.05, 3.63) is 34.7 Å². The van der Waals surface area contributed by atoms with Gasteiger partial charge in [0.2, 0.25) is 0 Å². The molecule has 2 heterocycles. The predicted octanol–water partition coefficient (Wildman–Crippen LogP) is 4.44. The van der Waals surface area contributed by atoms with Gasteiger partial charge in [0.05, 0.1) is 6.20 Å². The zero-order valence-electron chi connectivity index (χ0n) is 10.5. The molecule has 18 heavy (non-hydrogen) atoms. The Hall–Kier alpha value is -1.42. The minimum absolute atomic E-state index is 0.0657. The highest BCUT2D eigenvalue weighted by molar-refractivity contribution is 9.10. The first-order valence-electron chi connectivity index (χ1n) is 5.80. The van der Waals surface area contributed by atoms with E-state index in [2.05, 4.69) is 46.7 Å². The lowest BCUT2D eigenvalue weighted by Gasteiger charge is -2.15. The molecular weight excluding hydrogens is 292 g/mol. The van der Waals surface area contributed by atoms with Gasteiger partial charge in [-0.3, -0.25) is 0 Å². The highest BCUT2D eigenvalue weighted by Crippen LogP contribution is 2.30. The van der Waals surface area contributed by atoms with E-state index in [-0.39, 0.29) is 5.41 Å². The molecule has 0 unspecified atom stereocenters. The van der Waals surface area contributed by atoms with Gasteiger partial charge < -0.3 is 4.42 Å². The van der Waals surface area contributed by atoms with Crippen LogP contribution in [-0.2, 0) is 5.41 Å². The van der Waals surface area contributed by atoms with Crippen molar-refractivity contribution in [3.63, 3.8) is 0 Å². The number of hydrogen-bond acceptors (Lipinski definition) is 3. The fourth-order valence-corrected chi connectivity index (χ4v) is 2.26. The summed E-state index contributed by atoms with van der Waals surface area (Å²) in [5, 5.41) is 1.02. The Balaban J connectivity index is 2.38. The van der Waals surface area contributed by atoms with Crippen molar-refractivity contribution < 1.29 is 4.42 Å². The van der Waals surface area contributed by atoms with Crippen LogP contribution in [0.1, 0.15) is 26.6 Å². The largest absolute Gasteiger partial charge is 0.453 e. The molecule has 4 heteroatoms. The highest BCUT2D eigenvalue weighted by Gasteiger charge is 2.19. The molecule has 0 saturated carbocycles. The van der Waals surface area contributed by atoms with Crippen LogP contribution in [0.4, 0.5) is 0 Å². The number of aromatic nitrogens is 2. The van der Waals surface area contributed by atoms with Crippen LogP contribution in [0, 0.1) is 0 Å². The number of furan rings is 1. The van der Waals surface area contributed by atoms with Gasteiger partial charge in [0, 0.05) is 15.3 Å². The molecule has 3 rings (SSSR count). The number of hydrogen-bond donors (Lipinski definition) is 0. The minimum atomic E-state index is -0.0657. The van der Waals surface area contributed by atoms with E-state index < -0.39 is 0 Å². The van der Waals surface area contributed by atoms with Gasteiger partial charge >= 0.3 is 0 Å². The predicted molar refractivity (Wildman–Crippen MR) is 75.7 cm³/mol. The van der Waals surface area contributed by atoms with Crippen molar-refractivity contribution in [1.29, 1.82) is 0 Å². The molecule has 0 radical (unpaired) electrons. The summed E-state index contributed by atoms with van der Waals surface area (Å²) < 4.78 is 6.75. The summed E-state index contributed by atoms with van der Waals surface area (Å²) in [5.74, 6) is 0.831. The normalized spacial score (nSPS) is 12.4. The van der Waals surface area contributed by atoms with Gasteiger partial charge in [-0.25, -0.2) is 9.97 Å². The zero-order chi connectivity index (χ0) is 12.9. The highest BCUT2D eigenvalue weighted by atomic mass is 79.9. The van der Waals surface area contributed by atoms with Crippen LogP contribution >= 0.6 is 15.9 Å². The molecule has 92 valence electrons. The van der Waals surface area contributed by atoms with Gasteiger partial charge in [-0.2, -0.15) is 0 Å². The molecule has 0 aliphatic rings. The van der Waals surface area contributed by atoms with E-state index in [4.69, 9.17) is 4.42 Å². The smallest absolute Gasteiger partial charge is 0.172 e. The van der Waals surface area contributed by atoms with E-state index in [1.807, 2.05) is 18.2 Å². The van der Waals surface area contributed by atoms with Crippen molar-refractivity contribution in [2.45, 2.75) is 26.2 Å². The first-order valence-corrected chi connectivity index (χ1v) is 6.60. The fraction of sp³-hybridized carbons (Fsp3) is 0.286. The third-order valence-electron chi connectivity index (χ3n) is 2.84. The molecule has 2 aromatic heterocycles. The quantitative estimate of drug-likeness (QED) is 0.616. The van der Waals surface area contributed by atoms with E-state index in [0.29, 0.717) is 0 Å². The molecule has 0 saturated heterocycles. The lowest BCUT2D eigenvalue weighted by Crippen LogP contribution is -2.15. The average Bonchev–Trinajstić information content (AvgIpc) is 2.65. The summed E-state index contributed by atoms with van der Waals surface area (Å²) in [4.78, 5) is 9.03. The molecule has 0 spiro atoms. The lowest BCUT2D eigenvalue weighted by molar-refractivity contribution is 0.546. The van der Waals surface area contributed by atoms with Crippen LogP contribution in [0.3, 0.4) is 0 Å². The summed E-state index contributed by atoms with van der Waals surface area (Å²) in [6.07, 6.45) is 1.76. The Kier molecular flexibility index (Phi) is 2.45. The number of nitrogens with zero attached hydrogens (tertiary/aromatic N) is 2. The van der Waals surface area contributed by atoms with E-state index in [9.17, 15) is 0 Å². The Bertz CT molecular complexity index is 740. The van der Waals surface area contributed by atoms with Gasteiger partial charge in [0.15, 0.2) is 5.58 Å². The second-order valence-electron chi connectivity index (χ2n) is 5.40. The van der Waals surface area contributed by atoms with Crippen molar-refractivity contribution in [2.75, 3.05) is 0 Å². The fourth-order valence-electron chi connectivity index (χ4n) is 1.89. The first-order chi connectivity index (χ1) is 8.45. The van der Waals surface area contributed by atoms with Gasteiger partial charge in [-0.15, -0.1) is 0 Å². The molecule has 0 amide bonds. The molecule has 0 fully saturated rings. The number of rotatable bonds is 0. The molecule has 0 aliphatic heterocycles. The van der Waals surface area contributed by atoms with Gasteiger partial charge in [0.1, 0.15) is 16.9 Å². The lowest BCUT2D eigenvalue weighted by atomic mass is 9.96. The molecule has 3 aromatic rings. The van der Waals surface area contributed by atoms with Gasteiger partial charge in [0.25, 0.3) is 0 Å². The third-order valence-corrected chi connectivity index (χ3v) is 3.34. The van der Waals surface area contributed by atoms with Crippen LogP contribution in [0.2, 0.25) is 0 Å². The average molecular weight is 305 g/mol. The topological polar surface area (TPSA) is 38.9 Å². The maximum absolute atomic E-state index is 5.73. The van der Waals surface area contributed by atoms with E-state index in [1.165, 1.54) is 0 Å². The van der Waals surface area contributed by atoms with Gasteiger partial charge in [-0.1, -0.05) is 36.7 Å². The standard InChI is InChI=1S/C14H13BrN2O/c1-14(2,3)13-16-7-11-12(17-13)9-6-8(15)4-5-10(9)18-11/h4-7H,1-3H3. The van der Waals surface area contributed by atoms with E-state index in [1.54, 1.807) is 6.20 Å². The summed E-state index contributed by atoms with van der Waals surface area (Å²) in [7, 11) is 0. The first kappa shape index (κ1) is 11.7. The second kappa shape index (κ2) is 3.79. The van der Waals surface area contributed by atoms with Crippen LogP contribution < -0.4 is 0 Å². The minimum Gasteiger partial charge on any atom is -0.453 e. The van der Waals surface area contributed by atoms with Crippen LogP contribution in [0.5, 0.6) is 0 Å². The van der Waals surface area contributed by atoms with E-state index >= 15 is 0 Å². The molecule has 0 aliphatic carbocycles. The summed E-state index contributed by atoms with van der Waals surface area (Å²) in [6, 6.07) is 5.93. The zero-order valence-corrected chi connectivity index (χ0v) is 12.1. The molecule has 0 atom stereocenters. The van der Waals surface area contributed by atoms with E-state index in [0.717, 1.165) is 32.4 Å². The summed E-state index contributed by atoms with van der Waals surface area (Å²) in [5.41, 5.74) is 2.39. The van der Waals surface area contributed by atoms with Crippen molar-refractivity contribution in [3.8, 4) is 0 Å². The second-order valence-corrected chi connectivity index (χ2v) is 6.31. The maximum atomic E-state index is 5.73. The number of fused-ring (bicyclic) bond motifs is 3. The third kappa shape index (κ3) is 1.81. The van der Waals surface area contributed by atoms with Crippen LogP contribution in [-0.4, -0.2) is 9.97 Å². The molecule has 0 bridgehead atoms. The van der Waals surface area contributed by atoms with Crippen LogP contribution in [0.15, 0.2) is 33.3 Å². The SMILES string of the molecule is CC(C)(C)c1ncc2oc3ccc(Br)cc3c2n1. The van der Waals surface area contributed by atoms with Crippen molar-refractivity contribution in [1.82, 2.24) is 9.97 Å². The Morgan fingerprint density at radius 2 is 1.94 bits per heavy atom. The molecule has 0 N–H and O–H groups in total. The molecule has 1 aromatic carbocycles.